The van der Waals surface area contributed by atoms with Crippen molar-refractivity contribution in [2.45, 2.75) is 44.6 Å². The lowest BCUT2D eigenvalue weighted by Crippen LogP contribution is -2.34. The largest absolute Gasteiger partial charge is 0.404 e. The summed E-state index contributed by atoms with van der Waals surface area (Å²) < 4.78 is 77.3. The molecule has 0 saturated carbocycles. The van der Waals surface area contributed by atoms with E-state index in [0.29, 0.717) is 18.8 Å². The summed E-state index contributed by atoms with van der Waals surface area (Å²) in [5.41, 5.74) is 0.721. The van der Waals surface area contributed by atoms with Crippen LogP contribution in [0.25, 0.3) is 0 Å². The van der Waals surface area contributed by atoms with E-state index in [1.54, 1.807) is 12.4 Å². The van der Waals surface area contributed by atoms with Crippen molar-refractivity contribution in [3.63, 3.8) is 0 Å². The maximum absolute atomic E-state index is 12.9. The van der Waals surface area contributed by atoms with Crippen molar-refractivity contribution in [1.82, 2.24) is 4.98 Å². The monoisotopic (exact) mass is 390 g/mol. The average Bonchev–Trinajstić information content (AvgIpc) is 2.58. The zero-order valence-electron chi connectivity index (χ0n) is 14.7. The molecule has 0 atom stereocenters. The van der Waals surface area contributed by atoms with Crippen molar-refractivity contribution in [2.75, 3.05) is 11.4 Å². The first-order valence-electron chi connectivity index (χ1n) is 8.50. The Morgan fingerprint density at radius 3 is 1.93 bits per heavy atom. The number of aromatic nitrogens is 1. The number of nitrogens with zero attached hydrogens (tertiary/aromatic N) is 2. The van der Waals surface area contributed by atoms with E-state index in [9.17, 15) is 26.3 Å². The van der Waals surface area contributed by atoms with Crippen LogP contribution >= 0.6 is 0 Å². The number of halogens is 6. The van der Waals surface area contributed by atoms with Gasteiger partial charge in [0.1, 0.15) is 0 Å². The molecule has 8 heteroatoms. The third-order valence-corrected chi connectivity index (χ3v) is 4.15. The predicted octanol–water partition coefficient (Wildman–Crippen LogP) is 6.10. The minimum atomic E-state index is -5.39. The summed E-state index contributed by atoms with van der Waals surface area (Å²) in [5.74, 6) is -3.48. The number of unbranched alkanes of at least 4 members (excludes halogenated alkanes) is 1. The average molecular weight is 390 g/mol. The molecule has 0 amide bonds. The Morgan fingerprint density at radius 2 is 1.44 bits per heavy atom. The van der Waals surface area contributed by atoms with Gasteiger partial charge in [-0.2, -0.15) is 26.3 Å². The number of anilines is 1. The highest BCUT2D eigenvalue weighted by Crippen LogP contribution is 2.46. The molecule has 2 aromatic rings. The summed E-state index contributed by atoms with van der Waals surface area (Å²) in [6, 6.07) is 8.08. The summed E-state index contributed by atoms with van der Waals surface area (Å²) in [4.78, 5) is 5.86. The Morgan fingerprint density at radius 1 is 0.889 bits per heavy atom. The molecule has 0 radical (unpaired) electrons. The molecular weight excluding hydrogens is 370 g/mol. The topological polar surface area (TPSA) is 16.1 Å². The number of hydrogen-bond donors (Lipinski definition) is 0. The second-order valence-corrected chi connectivity index (χ2v) is 6.24. The van der Waals surface area contributed by atoms with Crippen LogP contribution in [0.5, 0.6) is 0 Å². The smallest absolute Gasteiger partial charge is 0.367 e. The van der Waals surface area contributed by atoms with E-state index in [2.05, 4.69) is 4.98 Å². The molecule has 148 valence electrons. The van der Waals surface area contributed by atoms with Crippen molar-refractivity contribution in [3.8, 4) is 0 Å². The molecule has 27 heavy (non-hydrogen) atoms. The van der Waals surface area contributed by atoms with Crippen LogP contribution in [0.3, 0.4) is 0 Å². The van der Waals surface area contributed by atoms with Gasteiger partial charge in [-0.1, -0.05) is 25.5 Å². The molecule has 0 aliphatic rings. The van der Waals surface area contributed by atoms with E-state index < -0.39 is 23.8 Å². The molecule has 1 heterocycles. The molecule has 0 N–H and O–H groups in total. The number of benzene rings is 1. The maximum atomic E-state index is 12.9. The van der Waals surface area contributed by atoms with Crippen LogP contribution in [-0.2, 0) is 6.54 Å². The van der Waals surface area contributed by atoms with Crippen LogP contribution in [0.15, 0.2) is 48.8 Å². The molecule has 2 rings (SSSR count). The van der Waals surface area contributed by atoms with Crippen LogP contribution in [0.2, 0.25) is 0 Å². The molecule has 0 aliphatic carbocycles. The van der Waals surface area contributed by atoms with Crippen LogP contribution in [0, 0.1) is 0 Å². The van der Waals surface area contributed by atoms with Crippen molar-refractivity contribution < 1.29 is 26.3 Å². The molecule has 0 spiro atoms. The Balaban J connectivity index is 2.28. The van der Waals surface area contributed by atoms with E-state index in [1.807, 2.05) is 24.0 Å². The fourth-order valence-electron chi connectivity index (χ4n) is 2.80. The zero-order chi connectivity index (χ0) is 20.1. The summed E-state index contributed by atoms with van der Waals surface area (Å²) >= 11 is 0. The van der Waals surface area contributed by atoms with Gasteiger partial charge in [-0.15, -0.1) is 0 Å². The maximum Gasteiger partial charge on any atom is 0.404 e. The molecule has 0 unspecified atom stereocenters. The second-order valence-electron chi connectivity index (χ2n) is 6.24. The quantitative estimate of drug-likeness (QED) is 0.532. The van der Waals surface area contributed by atoms with E-state index >= 15 is 0 Å². The van der Waals surface area contributed by atoms with Gasteiger partial charge in [0.15, 0.2) is 5.92 Å². The van der Waals surface area contributed by atoms with Gasteiger partial charge in [0.25, 0.3) is 0 Å². The normalized spacial score (nSPS) is 12.4. The highest BCUT2D eigenvalue weighted by atomic mass is 19.4. The van der Waals surface area contributed by atoms with Crippen LogP contribution in [-0.4, -0.2) is 23.9 Å². The first kappa shape index (κ1) is 21.1. The standard InChI is InChI=1S/C19H20F6N2/c1-2-3-12-27(13-14-8-10-26-11-9-14)16-6-4-15(5-7-16)17(18(20,21)22)19(23,24)25/h4-11,17H,2-3,12-13H2,1H3. The summed E-state index contributed by atoms with van der Waals surface area (Å²) in [6.45, 7) is 3.13. The third-order valence-electron chi connectivity index (χ3n) is 4.15. The molecular formula is C19H20F6N2. The summed E-state index contributed by atoms with van der Waals surface area (Å²) in [5, 5.41) is 0. The van der Waals surface area contributed by atoms with E-state index in [-0.39, 0.29) is 0 Å². The minimum absolute atomic E-state index is 0.490. The minimum Gasteiger partial charge on any atom is -0.367 e. The van der Waals surface area contributed by atoms with Crippen molar-refractivity contribution in [2.24, 2.45) is 0 Å². The number of hydrogen-bond acceptors (Lipinski definition) is 2. The van der Waals surface area contributed by atoms with E-state index in [0.717, 1.165) is 30.5 Å². The van der Waals surface area contributed by atoms with Crippen LogP contribution < -0.4 is 4.90 Å². The van der Waals surface area contributed by atoms with Gasteiger partial charge in [0, 0.05) is 31.2 Å². The Labute approximate surface area is 153 Å². The Bertz CT molecular complexity index is 681. The molecule has 1 aromatic carbocycles. The second kappa shape index (κ2) is 8.63. The zero-order valence-corrected chi connectivity index (χ0v) is 14.7. The summed E-state index contributed by atoms with van der Waals surface area (Å²) in [6.07, 6.45) is -5.76. The van der Waals surface area contributed by atoms with Crippen molar-refractivity contribution in [3.05, 3.63) is 59.9 Å². The van der Waals surface area contributed by atoms with E-state index in [1.165, 1.54) is 12.1 Å². The Kier molecular flexibility index (Phi) is 6.73. The first-order chi connectivity index (χ1) is 12.6. The Hall–Kier alpha value is -2.25. The molecule has 0 saturated heterocycles. The molecule has 0 bridgehead atoms. The number of alkyl halides is 6. The van der Waals surface area contributed by atoms with Crippen molar-refractivity contribution in [1.29, 1.82) is 0 Å². The lowest BCUT2D eigenvalue weighted by molar-refractivity contribution is -0.253. The van der Waals surface area contributed by atoms with Gasteiger partial charge in [-0.25, -0.2) is 0 Å². The van der Waals surface area contributed by atoms with Gasteiger partial charge in [0.2, 0.25) is 0 Å². The molecule has 1 aromatic heterocycles. The highest BCUT2D eigenvalue weighted by Gasteiger charge is 2.57. The van der Waals surface area contributed by atoms with Gasteiger partial charge in [0.05, 0.1) is 0 Å². The fourth-order valence-corrected chi connectivity index (χ4v) is 2.80. The molecule has 0 fully saturated rings. The predicted molar refractivity (Wildman–Crippen MR) is 91.5 cm³/mol. The molecule has 0 aliphatic heterocycles. The first-order valence-corrected chi connectivity index (χ1v) is 8.50. The van der Waals surface area contributed by atoms with Crippen LogP contribution in [0.4, 0.5) is 32.0 Å². The third kappa shape index (κ3) is 5.87. The van der Waals surface area contributed by atoms with Gasteiger partial charge < -0.3 is 4.90 Å². The van der Waals surface area contributed by atoms with Crippen LogP contribution in [0.1, 0.15) is 36.8 Å². The fraction of sp³-hybridized carbons (Fsp3) is 0.421. The van der Waals surface area contributed by atoms with Gasteiger partial charge in [-0.05, 0) is 41.8 Å². The summed E-state index contributed by atoms with van der Waals surface area (Å²) in [7, 11) is 0. The highest BCUT2D eigenvalue weighted by molar-refractivity contribution is 5.49. The lowest BCUT2D eigenvalue weighted by Gasteiger charge is -2.27. The number of pyridine rings is 1. The van der Waals surface area contributed by atoms with E-state index in [4.69, 9.17) is 0 Å². The molecule has 2 nitrogen and oxygen atoms in total. The van der Waals surface area contributed by atoms with Crippen molar-refractivity contribution >= 4 is 5.69 Å². The SMILES string of the molecule is CCCCN(Cc1ccncc1)c1ccc(C(C(F)(F)F)C(F)(F)F)cc1. The van der Waals surface area contributed by atoms with Gasteiger partial charge >= 0.3 is 12.4 Å². The lowest BCUT2D eigenvalue weighted by atomic mass is 9.97. The van der Waals surface area contributed by atoms with Gasteiger partial charge in [-0.3, -0.25) is 4.98 Å². The number of rotatable bonds is 7.